The van der Waals surface area contributed by atoms with Crippen LogP contribution >= 0.6 is 11.6 Å². The van der Waals surface area contributed by atoms with E-state index in [9.17, 15) is 18.8 Å². The lowest BCUT2D eigenvalue weighted by molar-refractivity contribution is 0.0696. The summed E-state index contributed by atoms with van der Waals surface area (Å²) in [5, 5.41) is 9.59. The van der Waals surface area contributed by atoms with Gasteiger partial charge in [0.15, 0.2) is 0 Å². The Kier molecular flexibility index (Phi) is 4.97. The van der Waals surface area contributed by atoms with Crippen LogP contribution in [0.3, 0.4) is 0 Å². The number of nitrogens with zero attached hydrogens (tertiary/aromatic N) is 2. The van der Waals surface area contributed by atoms with Crippen molar-refractivity contribution in [3.63, 3.8) is 0 Å². The molecule has 8 heteroatoms. The van der Waals surface area contributed by atoms with E-state index in [0.717, 1.165) is 9.13 Å². The zero-order valence-corrected chi connectivity index (χ0v) is 16.1. The van der Waals surface area contributed by atoms with Crippen LogP contribution in [0.1, 0.15) is 20.7 Å². The molecule has 1 aromatic heterocycles. The molecule has 6 nitrogen and oxygen atoms in total. The monoisotopic (exact) mass is 424 g/mol. The SMILES string of the molecule is O=C(O)c1ccc(-n2c(=O)n(C(=O)Cc3ccc(Cl)cc3)c3cccc(F)c32)cc1. The first kappa shape index (κ1) is 19.6. The fraction of sp³-hybridized carbons (Fsp3) is 0.0455. The molecular weight excluding hydrogens is 411 g/mol. The summed E-state index contributed by atoms with van der Waals surface area (Å²) < 4.78 is 16.7. The van der Waals surface area contributed by atoms with E-state index in [2.05, 4.69) is 0 Å². The molecule has 4 rings (SSSR count). The molecular formula is C22H14ClFN2O4. The third kappa shape index (κ3) is 3.40. The summed E-state index contributed by atoms with van der Waals surface area (Å²) in [6.07, 6.45) is -0.0787. The highest BCUT2D eigenvalue weighted by molar-refractivity contribution is 6.30. The number of carbonyl (C=O) groups is 2. The van der Waals surface area contributed by atoms with Gasteiger partial charge in [0.05, 0.1) is 23.2 Å². The molecule has 0 aliphatic rings. The Morgan fingerprint density at radius 1 is 0.967 bits per heavy atom. The van der Waals surface area contributed by atoms with E-state index >= 15 is 0 Å². The number of carboxylic acid groups (broad SMARTS) is 1. The second-order valence-electron chi connectivity index (χ2n) is 6.61. The number of aromatic nitrogens is 2. The van der Waals surface area contributed by atoms with Crippen molar-refractivity contribution < 1.29 is 19.1 Å². The Morgan fingerprint density at radius 2 is 1.63 bits per heavy atom. The number of hydrogen-bond donors (Lipinski definition) is 1. The van der Waals surface area contributed by atoms with Gasteiger partial charge in [-0.2, -0.15) is 0 Å². The molecule has 0 aliphatic carbocycles. The first-order chi connectivity index (χ1) is 14.4. The van der Waals surface area contributed by atoms with E-state index in [-0.39, 0.29) is 28.7 Å². The average Bonchev–Trinajstić information content (AvgIpc) is 3.03. The molecule has 0 atom stereocenters. The largest absolute Gasteiger partial charge is 0.478 e. The number of imidazole rings is 1. The number of rotatable bonds is 4. The lowest BCUT2D eigenvalue weighted by Gasteiger charge is -2.04. The number of benzene rings is 3. The number of para-hydroxylation sites is 1. The maximum Gasteiger partial charge on any atom is 0.340 e. The third-order valence-corrected chi connectivity index (χ3v) is 4.96. The first-order valence-electron chi connectivity index (χ1n) is 8.90. The average molecular weight is 425 g/mol. The van der Waals surface area contributed by atoms with Gasteiger partial charge in [0.2, 0.25) is 5.91 Å². The molecule has 0 fully saturated rings. The number of aromatic carboxylic acids is 1. The fourth-order valence-electron chi connectivity index (χ4n) is 3.29. The zero-order chi connectivity index (χ0) is 21.4. The topological polar surface area (TPSA) is 81.3 Å². The highest BCUT2D eigenvalue weighted by atomic mass is 35.5. The van der Waals surface area contributed by atoms with Crippen molar-refractivity contribution in [1.29, 1.82) is 0 Å². The summed E-state index contributed by atoms with van der Waals surface area (Å²) in [7, 11) is 0. The number of halogens is 2. The van der Waals surface area contributed by atoms with Crippen LogP contribution in [0, 0.1) is 5.82 Å². The van der Waals surface area contributed by atoms with Crippen LogP contribution in [0.4, 0.5) is 4.39 Å². The van der Waals surface area contributed by atoms with E-state index in [4.69, 9.17) is 16.7 Å². The molecule has 3 aromatic carbocycles. The van der Waals surface area contributed by atoms with Crippen molar-refractivity contribution in [2.24, 2.45) is 0 Å². The maximum absolute atomic E-state index is 14.7. The molecule has 0 saturated carbocycles. The van der Waals surface area contributed by atoms with Crippen LogP contribution in [0.25, 0.3) is 16.7 Å². The Labute approximate surface area is 174 Å². The summed E-state index contributed by atoms with van der Waals surface area (Å²) in [5.74, 6) is -2.33. The van der Waals surface area contributed by atoms with Gasteiger partial charge in [0.25, 0.3) is 0 Å². The Balaban J connectivity index is 1.87. The summed E-state index contributed by atoms with van der Waals surface area (Å²) in [6.45, 7) is 0. The van der Waals surface area contributed by atoms with Crippen molar-refractivity contribution in [1.82, 2.24) is 9.13 Å². The normalized spacial score (nSPS) is 11.0. The summed E-state index contributed by atoms with van der Waals surface area (Å²) in [4.78, 5) is 37.2. The fourth-order valence-corrected chi connectivity index (χ4v) is 3.42. The standard InChI is InChI=1S/C22H14ClFN2O4/c23-15-8-4-13(5-9-15)12-19(27)26-18-3-1-2-17(24)20(18)25(22(26)30)16-10-6-14(7-11-16)21(28)29/h1-11H,12H2,(H,28,29). The van der Waals surface area contributed by atoms with E-state index in [1.165, 1.54) is 42.5 Å². The van der Waals surface area contributed by atoms with E-state index < -0.39 is 23.4 Å². The summed E-state index contributed by atoms with van der Waals surface area (Å²) in [6, 6.07) is 16.1. The van der Waals surface area contributed by atoms with Crippen molar-refractivity contribution in [3.05, 3.63) is 99.2 Å². The summed E-state index contributed by atoms with van der Waals surface area (Å²) in [5.41, 5.74) is 0.251. The third-order valence-electron chi connectivity index (χ3n) is 4.70. The van der Waals surface area contributed by atoms with Gasteiger partial charge >= 0.3 is 11.7 Å². The van der Waals surface area contributed by atoms with Crippen molar-refractivity contribution in [2.45, 2.75) is 6.42 Å². The molecule has 0 unspecified atom stereocenters. The highest BCUT2D eigenvalue weighted by Gasteiger charge is 2.22. The molecule has 30 heavy (non-hydrogen) atoms. The van der Waals surface area contributed by atoms with E-state index in [0.29, 0.717) is 10.6 Å². The first-order valence-corrected chi connectivity index (χ1v) is 9.28. The Morgan fingerprint density at radius 3 is 2.27 bits per heavy atom. The van der Waals surface area contributed by atoms with Gasteiger partial charge in [-0.3, -0.25) is 9.36 Å². The Bertz CT molecular complexity index is 1340. The van der Waals surface area contributed by atoms with Crippen LogP contribution in [0.15, 0.2) is 71.5 Å². The van der Waals surface area contributed by atoms with Gasteiger partial charge in [-0.1, -0.05) is 29.8 Å². The predicted molar refractivity (Wildman–Crippen MR) is 110 cm³/mol. The smallest absolute Gasteiger partial charge is 0.340 e. The Hall–Kier alpha value is -3.71. The van der Waals surface area contributed by atoms with Gasteiger partial charge in [0, 0.05) is 5.02 Å². The molecule has 0 saturated heterocycles. The van der Waals surface area contributed by atoms with Crippen molar-refractivity contribution >= 4 is 34.5 Å². The predicted octanol–water partition coefficient (Wildman–Crippen LogP) is 4.17. The van der Waals surface area contributed by atoms with Gasteiger partial charge in [-0.05, 0) is 54.1 Å². The van der Waals surface area contributed by atoms with Gasteiger partial charge in [-0.15, -0.1) is 0 Å². The minimum absolute atomic E-state index is 0.0230. The quantitative estimate of drug-likeness (QED) is 0.533. The van der Waals surface area contributed by atoms with E-state index in [1.807, 2.05) is 0 Å². The number of carbonyl (C=O) groups excluding carboxylic acids is 1. The van der Waals surface area contributed by atoms with Gasteiger partial charge in [-0.25, -0.2) is 18.5 Å². The molecule has 0 amide bonds. The number of fused-ring (bicyclic) bond motifs is 1. The van der Waals surface area contributed by atoms with Crippen LogP contribution in [0.2, 0.25) is 5.02 Å². The van der Waals surface area contributed by atoms with Crippen molar-refractivity contribution in [2.75, 3.05) is 0 Å². The second kappa shape index (κ2) is 7.61. The molecule has 0 aliphatic heterocycles. The molecule has 0 radical (unpaired) electrons. The molecule has 1 heterocycles. The minimum atomic E-state index is -1.12. The number of carboxylic acids is 1. The maximum atomic E-state index is 14.7. The van der Waals surface area contributed by atoms with Gasteiger partial charge in [0.1, 0.15) is 11.3 Å². The van der Waals surface area contributed by atoms with Crippen LogP contribution in [0.5, 0.6) is 0 Å². The molecule has 4 aromatic rings. The molecule has 0 bridgehead atoms. The van der Waals surface area contributed by atoms with Crippen LogP contribution in [-0.2, 0) is 6.42 Å². The summed E-state index contributed by atoms with van der Waals surface area (Å²) >= 11 is 5.87. The lowest BCUT2D eigenvalue weighted by atomic mass is 10.1. The molecule has 0 spiro atoms. The van der Waals surface area contributed by atoms with Gasteiger partial charge < -0.3 is 5.11 Å². The van der Waals surface area contributed by atoms with Crippen LogP contribution < -0.4 is 5.69 Å². The highest BCUT2D eigenvalue weighted by Crippen LogP contribution is 2.22. The van der Waals surface area contributed by atoms with Crippen molar-refractivity contribution in [3.8, 4) is 5.69 Å². The zero-order valence-electron chi connectivity index (χ0n) is 15.4. The molecule has 1 N–H and O–H groups in total. The molecule has 150 valence electrons. The second-order valence-corrected chi connectivity index (χ2v) is 7.05. The minimum Gasteiger partial charge on any atom is -0.478 e. The van der Waals surface area contributed by atoms with E-state index in [1.54, 1.807) is 24.3 Å². The lowest BCUT2D eigenvalue weighted by Crippen LogP contribution is -2.29. The van der Waals surface area contributed by atoms with Crippen LogP contribution in [-0.4, -0.2) is 26.1 Å². The number of hydrogen-bond acceptors (Lipinski definition) is 3.